The van der Waals surface area contributed by atoms with E-state index in [1.54, 1.807) is 7.11 Å². The van der Waals surface area contributed by atoms with Crippen LogP contribution in [0.4, 0.5) is 5.69 Å². The maximum Gasteiger partial charge on any atom is 0.305 e. The third-order valence-corrected chi connectivity index (χ3v) is 3.05. The molecule has 19 heavy (non-hydrogen) atoms. The van der Waals surface area contributed by atoms with Gasteiger partial charge in [0.25, 0.3) is 0 Å². The zero-order valence-electron chi connectivity index (χ0n) is 11.8. The van der Waals surface area contributed by atoms with Crippen molar-refractivity contribution >= 4 is 11.7 Å². The van der Waals surface area contributed by atoms with Gasteiger partial charge >= 0.3 is 5.97 Å². The van der Waals surface area contributed by atoms with Crippen molar-refractivity contribution in [1.29, 1.82) is 0 Å². The van der Waals surface area contributed by atoms with Crippen LogP contribution in [0.3, 0.4) is 0 Å². The number of unbranched alkanes of at least 4 members (excludes halogenated alkanes) is 2. The number of hydrogen-bond acceptors (Lipinski definition) is 3. The molecule has 0 aromatic heterocycles. The third-order valence-electron chi connectivity index (χ3n) is 3.05. The average Bonchev–Trinajstić information content (AvgIpc) is 2.42. The molecule has 1 aromatic rings. The molecule has 0 unspecified atom stereocenters. The van der Waals surface area contributed by atoms with Crippen molar-refractivity contribution in [2.75, 3.05) is 25.1 Å². The summed E-state index contributed by atoms with van der Waals surface area (Å²) in [5.74, 6) is 0.0386. The van der Waals surface area contributed by atoms with Gasteiger partial charge in [-0.2, -0.15) is 0 Å². The highest BCUT2D eigenvalue weighted by molar-refractivity contribution is 5.67. The Morgan fingerprint density at radius 1 is 1.32 bits per heavy atom. The van der Waals surface area contributed by atoms with Crippen LogP contribution in [-0.4, -0.2) is 31.3 Å². The fourth-order valence-electron chi connectivity index (χ4n) is 1.96. The minimum absolute atomic E-state index is 0.156. The number of nitrogens with zero attached hydrogens (tertiary/aromatic N) is 1. The molecule has 0 fully saturated rings. The molecule has 0 atom stereocenters. The van der Waals surface area contributed by atoms with Gasteiger partial charge in [0.1, 0.15) is 5.75 Å². The van der Waals surface area contributed by atoms with Crippen LogP contribution in [0, 0.1) is 0 Å². The number of aliphatic carboxylic acids is 1. The molecular formula is C15H23NO3. The van der Waals surface area contributed by atoms with Gasteiger partial charge in [-0.1, -0.05) is 25.8 Å². The van der Waals surface area contributed by atoms with E-state index in [1.807, 2.05) is 24.3 Å². The lowest BCUT2D eigenvalue weighted by Gasteiger charge is -2.24. The molecule has 4 nitrogen and oxygen atoms in total. The van der Waals surface area contributed by atoms with Gasteiger partial charge in [-0.3, -0.25) is 4.79 Å². The van der Waals surface area contributed by atoms with E-state index in [1.165, 1.54) is 0 Å². The van der Waals surface area contributed by atoms with Gasteiger partial charge < -0.3 is 14.7 Å². The number of carbonyl (C=O) groups is 1. The predicted molar refractivity (Wildman–Crippen MR) is 77.0 cm³/mol. The van der Waals surface area contributed by atoms with E-state index in [9.17, 15) is 4.79 Å². The van der Waals surface area contributed by atoms with Crippen molar-refractivity contribution in [1.82, 2.24) is 0 Å². The summed E-state index contributed by atoms with van der Waals surface area (Å²) in [5.41, 5.74) is 1.02. The van der Waals surface area contributed by atoms with E-state index in [-0.39, 0.29) is 6.42 Å². The second-order valence-corrected chi connectivity index (χ2v) is 4.54. The quantitative estimate of drug-likeness (QED) is 0.697. The number of hydrogen-bond donors (Lipinski definition) is 1. The number of rotatable bonds is 9. The minimum atomic E-state index is -0.761. The number of ether oxygens (including phenoxy) is 1. The van der Waals surface area contributed by atoms with Crippen LogP contribution in [0.5, 0.6) is 5.75 Å². The van der Waals surface area contributed by atoms with Crippen LogP contribution in [0.2, 0.25) is 0 Å². The molecule has 0 saturated heterocycles. The van der Waals surface area contributed by atoms with Gasteiger partial charge in [0.15, 0.2) is 0 Å². The Bertz CT molecular complexity index is 393. The van der Waals surface area contributed by atoms with Crippen LogP contribution in [0.15, 0.2) is 24.3 Å². The lowest BCUT2D eigenvalue weighted by atomic mass is 10.2. The summed E-state index contributed by atoms with van der Waals surface area (Å²) in [7, 11) is 1.64. The van der Waals surface area contributed by atoms with Crippen LogP contribution in [0.25, 0.3) is 0 Å². The van der Waals surface area contributed by atoms with E-state index in [0.717, 1.165) is 37.2 Å². The largest absolute Gasteiger partial charge is 0.497 e. The molecule has 0 aliphatic carbocycles. The number of carboxylic acids is 1. The first-order valence-corrected chi connectivity index (χ1v) is 6.78. The first-order chi connectivity index (χ1) is 9.17. The van der Waals surface area contributed by atoms with Gasteiger partial charge in [-0.05, 0) is 18.6 Å². The molecule has 4 heteroatoms. The van der Waals surface area contributed by atoms with Crippen LogP contribution >= 0.6 is 0 Å². The summed E-state index contributed by atoms with van der Waals surface area (Å²) in [5, 5.41) is 8.83. The van der Waals surface area contributed by atoms with E-state index in [2.05, 4.69) is 11.8 Å². The molecule has 1 aromatic carbocycles. The maximum absolute atomic E-state index is 10.7. The molecule has 0 heterocycles. The normalized spacial score (nSPS) is 10.2. The molecule has 0 spiro atoms. The smallest absolute Gasteiger partial charge is 0.305 e. The molecule has 1 N–H and O–H groups in total. The van der Waals surface area contributed by atoms with Gasteiger partial charge in [0.05, 0.1) is 13.5 Å². The number of carboxylic acid groups (broad SMARTS) is 1. The topological polar surface area (TPSA) is 49.8 Å². The Labute approximate surface area is 115 Å². The molecule has 0 aliphatic heterocycles. The number of benzene rings is 1. The Hall–Kier alpha value is -1.71. The van der Waals surface area contributed by atoms with E-state index >= 15 is 0 Å². The van der Waals surface area contributed by atoms with Gasteiger partial charge in [0.2, 0.25) is 0 Å². The number of anilines is 1. The first kappa shape index (κ1) is 15.3. The molecule has 106 valence electrons. The molecule has 0 amide bonds. The highest BCUT2D eigenvalue weighted by atomic mass is 16.5. The molecule has 0 saturated carbocycles. The summed E-state index contributed by atoms with van der Waals surface area (Å²) >= 11 is 0. The Morgan fingerprint density at radius 3 is 2.74 bits per heavy atom. The number of methoxy groups -OCH3 is 1. The van der Waals surface area contributed by atoms with Crippen LogP contribution in [0.1, 0.15) is 32.6 Å². The second-order valence-electron chi connectivity index (χ2n) is 4.54. The molecule has 1 rings (SSSR count). The SMILES string of the molecule is CCCCCN(CCC(=O)O)c1cccc(OC)c1. The average molecular weight is 265 g/mol. The molecular weight excluding hydrogens is 242 g/mol. The zero-order valence-corrected chi connectivity index (χ0v) is 11.8. The Balaban J connectivity index is 2.71. The van der Waals surface area contributed by atoms with Crippen molar-refractivity contribution < 1.29 is 14.6 Å². The highest BCUT2D eigenvalue weighted by Crippen LogP contribution is 2.21. The van der Waals surface area contributed by atoms with E-state index in [0.29, 0.717) is 6.54 Å². The van der Waals surface area contributed by atoms with Crippen LogP contribution in [-0.2, 0) is 4.79 Å². The third kappa shape index (κ3) is 5.64. The summed E-state index contributed by atoms with van der Waals surface area (Å²) < 4.78 is 5.21. The first-order valence-electron chi connectivity index (χ1n) is 6.78. The van der Waals surface area contributed by atoms with Gasteiger partial charge in [0, 0.05) is 24.8 Å². The second kappa shape index (κ2) is 8.40. The molecule has 0 radical (unpaired) electrons. The van der Waals surface area contributed by atoms with E-state index in [4.69, 9.17) is 9.84 Å². The Kier molecular flexibility index (Phi) is 6.79. The minimum Gasteiger partial charge on any atom is -0.497 e. The summed E-state index contributed by atoms with van der Waals surface area (Å²) in [6, 6.07) is 7.77. The predicted octanol–water partition coefficient (Wildman–Crippen LogP) is 3.17. The standard InChI is InChI=1S/C15H23NO3/c1-3-4-5-10-16(11-9-15(17)18)13-7-6-8-14(12-13)19-2/h6-8,12H,3-5,9-11H2,1-2H3,(H,17,18). The van der Waals surface area contributed by atoms with Crippen molar-refractivity contribution in [3.63, 3.8) is 0 Å². The maximum atomic E-state index is 10.7. The summed E-state index contributed by atoms with van der Waals surface area (Å²) in [6.45, 7) is 3.58. The van der Waals surface area contributed by atoms with Crippen molar-refractivity contribution in [3.05, 3.63) is 24.3 Å². The van der Waals surface area contributed by atoms with Crippen LogP contribution < -0.4 is 9.64 Å². The fourth-order valence-corrected chi connectivity index (χ4v) is 1.96. The summed E-state index contributed by atoms with van der Waals surface area (Å²) in [6.07, 6.45) is 3.55. The molecule has 0 aliphatic rings. The van der Waals surface area contributed by atoms with Gasteiger partial charge in [-0.15, -0.1) is 0 Å². The lowest BCUT2D eigenvalue weighted by molar-refractivity contribution is -0.136. The highest BCUT2D eigenvalue weighted by Gasteiger charge is 2.09. The summed E-state index contributed by atoms with van der Waals surface area (Å²) in [4.78, 5) is 12.9. The van der Waals surface area contributed by atoms with Crippen molar-refractivity contribution in [2.45, 2.75) is 32.6 Å². The van der Waals surface area contributed by atoms with Gasteiger partial charge in [-0.25, -0.2) is 0 Å². The van der Waals surface area contributed by atoms with E-state index < -0.39 is 5.97 Å². The zero-order chi connectivity index (χ0) is 14.1. The fraction of sp³-hybridized carbons (Fsp3) is 0.533. The molecule has 0 bridgehead atoms. The van der Waals surface area contributed by atoms with Crippen molar-refractivity contribution in [2.24, 2.45) is 0 Å². The monoisotopic (exact) mass is 265 g/mol. The lowest BCUT2D eigenvalue weighted by Crippen LogP contribution is -2.27. The Morgan fingerprint density at radius 2 is 2.11 bits per heavy atom. The van der Waals surface area contributed by atoms with Crippen molar-refractivity contribution in [3.8, 4) is 5.75 Å².